The zero-order valence-corrected chi connectivity index (χ0v) is 16.4. The van der Waals surface area contributed by atoms with Gasteiger partial charge in [-0.2, -0.15) is 0 Å². The first-order valence-electron chi connectivity index (χ1n) is 9.37. The van der Waals surface area contributed by atoms with Crippen molar-refractivity contribution in [3.8, 4) is 5.75 Å². The van der Waals surface area contributed by atoms with Gasteiger partial charge in [0.2, 0.25) is 0 Å². The van der Waals surface area contributed by atoms with Crippen LogP contribution in [0.4, 0.5) is 5.69 Å². The molecule has 1 aromatic rings. The third-order valence-electron chi connectivity index (χ3n) is 4.17. The predicted molar refractivity (Wildman–Crippen MR) is 109 cm³/mol. The summed E-state index contributed by atoms with van der Waals surface area (Å²) in [6, 6.07) is 6.04. The van der Waals surface area contributed by atoms with E-state index in [1.165, 1.54) is 63.4 Å². The first kappa shape index (κ1) is 20.8. The quantitative estimate of drug-likeness (QED) is 0.367. The second-order valence-corrected chi connectivity index (χ2v) is 6.82. The average Bonchev–Trinajstić information content (AvgIpc) is 2.57. The molecule has 0 saturated heterocycles. The van der Waals surface area contributed by atoms with E-state index in [1.54, 1.807) is 7.11 Å². The average molecular weight is 351 g/mol. The second-order valence-electron chi connectivity index (χ2n) is 6.41. The van der Waals surface area contributed by atoms with Gasteiger partial charge in [-0.05, 0) is 43.3 Å². The number of nitrogens with one attached hydrogen (secondary N) is 2. The molecule has 24 heavy (non-hydrogen) atoms. The van der Waals surface area contributed by atoms with Crippen molar-refractivity contribution in [2.75, 3.05) is 19.0 Å². The fraction of sp³-hybridized carbons (Fsp3) is 0.650. The Balaban J connectivity index is 2.09. The van der Waals surface area contributed by atoms with Crippen molar-refractivity contribution >= 4 is 23.0 Å². The highest BCUT2D eigenvalue weighted by atomic mass is 32.1. The lowest BCUT2D eigenvalue weighted by molar-refractivity contribution is 0.417. The zero-order valence-electron chi connectivity index (χ0n) is 15.6. The number of unbranched alkanes of at least 4 members (excludes halogenated alkanes) is 8. The highest BCUT2D eigenvalue weighted by Gasteiger charge is 2.04. The Bertz CT molecular complexity index is 477. The van der Waals surface area contributed by atoms with Crippen molar-refractivity contribution in [3.05, 3.63) is 23.8 Å². The van der Waals surface area contributed by atoms with E-state index in [1.807, 2.05) is 18.2 Å². The summed E-state index contributed by atoms with van der Waals surface area (Å²) in [5.74, 6) is 0.813. The number of hydrogen-bond acceptors (Lipinski definition) is 2. The number of rotatable bonds is 12. The zero-order chi connectivity index (χ0) is 17.6. The van der Waals surface area contributed by atoms with E-state index in [0.29, 0.717) is 5.11 Å². The minimum atomic E-state index is 0.665. The molecule has 0 heterocycles. The van der Waals surface area contributed by atoms with Crippen molar-refractivity contribution < 1.29 is 4.74 Å². The molecule has 0 aliphatic carbocycles. The Kier molecular flexibility index (Phi) is 11.3. The van der Waals surface area contributed by atoms with Crippen molar-refractivity contribution in [1.29, 1.82) is 0 Å². The molecule has 0 fully saturated rings. The molecule has 2 N–H and O–H groups in total. The molecule has 0 unspecified atom stereocenters. The normalized spacial score (nSPS) is 10.5. The van der Waals surface area contributed by atoms with Crippen LogP contribution in [0.1, 0.15) is 70.3 Å². The smallest absolute Gasteiger partial charge is 0.170 e. The molecule has 1 aromatic carbocycles. The molecule has 0 saturated carbocycles. The fourth-order valence-electron chi connectivity index (χ4n) is 2.72. The first-order chi connectivity index (χ1) is 11.7. The Morgan fingerprint density at radius 3 is 2.25 bits per heavy atom. The van der Waals surface area contributed by atoms with Crippen LogP contribution in [0, 0.1) is 6.92 Å². The summed E-state index contributed by atoms with van der Waals surface area (Å²) in [5, 5.41) is 7.18. The van der Waals surface area contributed by atoms with Crippen LogP contribution in [0.2, 0.25) is 0 Å². The van der Waals surface area contributed by atoms with Crippen LogP contribution >= 0.6 is 12.2 Å². The summed E-state index contributed by atoms with van der Waals surface area (Å²) in [7, 11) is 1.68. The Morgan fingerprint density at radius 1 is 1.00 bits per heavy atom. The van der Waals surface area contributed by atoms with Crippen molar-refractivity contribution in [2.24, 2.45) is 0 Å². The van der Waals surface area contributed by atoms with E-state index < -0.39 is 0 Å². The maximum absolute atomic E-state index is 5.37. The third kappa shape index (κ3) is 9.11. The van der Waals surface area contributed by atoms with Gasteiger partial charge in [0.05, 0.1) is 12.8 Å². The maximum Gasteiger partial charge on any atom is 0.170 e. The van der Waals surface area contributed by atoms with Crippen molar-refractivity contribution in [1.82, 2.24) is 5.32 Å². The number of benzene rings is 1. The monoisotopic (exact) mass is 350 g/mol. The second kappa shape index (κ2) is 13.1. The van der Waals surface area contributed by atoms with Crippen LogP contribution in [0.5, 0.6) is 5.75 Å². The maximum atomic E-state index is 5.37. The first-order valence-corrected chi connectivity index (χ1v) is 9.77. The third-order valence-corrected chi connectivity index (χ3v) is 4.42. The molecule has 0 radical (unpaired) electrons. The van der Waals surface area contributed by atoms with E-state index in [0.717, 1.165) is 18.0 Å². The summed E-state index contributed by atoms with van der Waals surface area (Å²) in [4.78, 5) is 0. The fourth-order valence-corrected chi connectivity index (χ4v) is 2.94. The van der Waals surface area contributed by atoms with Gasteiger partial charge in [0.25, 0.3) is 0 Å². The number of aryl methyl sites for hydroxylation is 1. The molecule has 0 spiro atoms. The van der Waals surface area contributed by atoms with Gasteiger partial charge >= 0.3 is 0 Å². The van der Waals surface area contributed by atoms with Gasteiger partial charge < -0.3 is 15.4 Å². The van der Waals surface area contributed by atoms with E-state index in [4.69, 9.17) is 17.0 Å². The summed E-state index contributed by atoms with van der Waals surface area (Å²) < 4.78 is 5.36. The van der Waals surface area contributed by atoms with Crippen LogP contribution in [0.3, 0.4) is 0 Å². The van der Waals surface area contributed by atoms with E-state index in [2.05, 4.69) is 24.5 Å². The summed E-state index contributed by atoms with van der Waals surface area (Å²) in [6.45, 7) is 5.25. The summed E-state index contributed by atoms with van der Waals surface area (Å²) in [6.07, 6.45) is 12.1. The van der Waals surface area contributed by atoms with Crippen LogP contribution in [0.15, 0.2) is 18.2 Å². The molecule has 0 bridgehead atoms. The van der Waals surface area contributed by atoms with Gasteiger partial charge in [0.15, 0.2) is 5.11 Å². The van der Waals surface area contributed by atoms with E-state index in [-0.39, 0.29) is 0 Å². The number of thiocarbonyl (C=S) groups is 1. The van der Waals surface area contributed by atoms with Crippen LogP contribution in [0.25, 0.3) is 0 Å². The lowest BCUT2D eigenvalue weighted by Gasteiger charge is -2.14. The van der Waals surface area contributed by atoms with E-state index in [9.17, 15) is 0 Å². The molecule has 1 rings (SSSR count). The molecular weight excluding hydrogens is 316 g/mol. The van der Waals surface area contributed by atoms with Gasteiger partial charge in [0, 0.05) is 6.54 Å². The largest absolute Gasteiger partial charge is 0.495 e. The van der Waals surface area contributed by atoms with Crippen LogP contribution < -0.4 is 15.4 Å². The highest BCUT2D eigenvalue weighted by Crippen LogP contribution is 2.24. The Morgan fingerprint density at radius 2 is 1.62 bits per heavy atom. The molecule has 136 valence electrons. The van der Waals surface area contributed by atoms with Crippen molar-refractivity contribution in [3.63, 3.8) is 0 Å². The molecule has 3 nitrogen and oxygen atoms in total. The van der Waals surface area contributed by atoms with Crippen LogP contribution in [-0.2, 0) is 0 Å². The minimum absolute atomic E-state index is 0.665. The Hall–Kier alpha value is -1.29. The lowest BCUT2D eigenvalue weighted by atomic mass is 10.1. The highest BCUT2D eigenvalue weighted by molar-refractivity contribution is 7.80. The molecular formula is C20H34N2OS. The molecule has 0 aliphatic rings. The topological polar surface area (TPSA) is 33.3 Å². The predicted octanol–water partition coefficient (Wildman–Crippen LogP) is 5.82. The summed E-state index contributed by atoms with van der Waals surface area (Å²) in [5.41, 5.74) is 2.10. The summed E-state index contributed by atoms with van der Waals surface area (Å²) >= 11 is 5.37. The van der Waals surface area contributed by atoms with Gasteiger partial charge in [-0.1, -0.05) is 64.4 Å². The molecule has 4 heteroatoms. The van der Waals surface area contributed by atoms with Gasteiger partial charge in [-0.3, -0.25) is 0 Å². The molecule has 0 aromatic heterocycles. The minimum Gasteiger partial charge on any atom is -0.495 e. The van der Waals surface area contributed by atoms with Gasteiger partial charge in [0.1, 0.15) is 5.75 Å². The standard InChI is InChI=1S/C20H34N2OS/c1-4-5-6-7-8-9-10-11-12-15-21-20(24)22-18-16-17(2)13-14-19(18)23-3/h13-14,16H,4-12,15H2,1-3H3,(H2,21,22,24). The number of methoxy groups -OCH3 is 1. The van der Waals surface area contributed by atoms with Crippen molar-refractivity contribution in [2.45, 2.75) is 71.6 Å². The number of anilines is 1. The SMILES string of the molecule is CCCCCCCCCCCNC(=S)Nc1cc(C)ccc1OC. The molecule has 0 amide bonds. The van der Waals surface area contributed by atoms with Gasteiger partial charge in [-0.15, -0.1) is 0 Å². The van der Waals surface area contributed by atoms with E-state index >= 15 is 0 Å². The number of ether oxygens (including phenoxy) is 1. The van der Waals surface area contributed by atoms with Gasteiger partial charge in [-0.25, -0.2) is 0 Å². The Labute approximate surface area is 153 Å². The lowest BCUT2D eigenvalue weighted by Crippen LogP contribution is -2.29. The molecule has 0 atom stereocenters. The number of hydrogen-bond donors (Lipinski definition) is 2. The van der Waals surface area contributed by atoms with Crippen LogP contribution in [-0.4, -0.2) is 18.8 Å². The molecule has 0 aliphatic heterocycles.